The second-order valence-corrected chi connectivity index (χ2v) is 10.8. The number of nitrogens with zero attached hydrogens (tertiary/aromatic N) is 1. The maximum atomic E-state index is 14.1. The number of nitrogens with one attached hydrogen (secondary N) is 2. The van der Waals surface area contributed by atoms with Crippen molar-refractivity contribution in [1.82, 2.24) is 15.5 Å². The largest absolute Gasteiger partial charge is 0.468 e. The third-order valence-electron chi connectivity index (χ3n) is 5.93. The molecular formula is C28H39N3O6. The monoisotopic (exact) mass is 513 g/mol. The number of amides is 3. The molecule has 0 saturated heterocycles. The maximum absolute atomic E-state index is 14.1. The van der Waals surface area contributed by atoms with Crippen LogP contribution < -0.4 is 10.6 Å². The van der Waals surface area contributed by atoms with E-state index in [4.69, 9.17) is 11.2 Å². The fourth-order valence-corrected chi connectivity index (χ4v) is 4.02. The van der Waals surface area contributed by atoms with E-state index in [0.717, 1.165) is 0 Å². The molecule has 3 amide bonds. The Hall–Kier alpha value is -3.54. The summed E-state index contributed by atoms with van der Waals surface area (Å²) in [5.41, 5.74) is 0.420. The van der Waals surface area contributed by atoms with Gasteiger partial charge < -0.3 is 25.0 Å². The molecule has 0 aliphatic heterocycles. The topological polar surface area (TPSA) is 114 Å². The second-order valence-electron chi connectivity index (χ2n) is 10.8. The van der Waals surface area contributed by atoms with Crippen molar-refractivity contribution < 1.29 is 28.7 Å². The second kappa shape index (κ2) is 12.6. The highest BCUT2D eigenvalue weighted by Crippen LogP contribution is 2.41. The summed E-state index contributed by atoms with van der Waals surface area (Å²) in [7, 11) is 1.23. The van der Waals surface area contributed by atoms with E-state index in [2.05, 4.69) is 21.3 Å². The zero-order valence-corrected chi connectivity index (χ0v) is 22.8. The summed E-state index contributed by atoms with van der Waals surface area (Å²) in [6.07, 6.45) is 5.84. The Morgan fingerprint density at radius 2 is 1.76 bits per heavy atom. The number of benzene rings is 1. The molecule has 2 rings (SSSR count). The van der Waals surface area contributed by atoms with E-state index in [0.29, 0.717) is 24.0 Å². The van der Waals surface area contributed by atoms with Crippen LogP contribution in [0.5, 0.6) is 0 Å². The van der Waals surface area contributed by atoms with Gasteiger partial charge >= 0.3 is 12.1 Å². The molecule has 1 saturated carbocycles. The number of esters is 1. The van der Waals surface area contributed by atoms with Crippen LogP contribution in [-0.2, 0) is 23.9 Å². The highest BCUT2D eigenvalue weighted by Gasteiger charge is 2.48. The normalized spacial score (nSPS) is 18.1. The van der Waals surface area contributed by atoms with Crippen LogP contribution in [0.25, 0.3) is 0 Å². The number of terminal acetylenes is 1. The number of hydrogen-bond donors (Lipinski definition) is 2. The molecule has 0 radical (unpaired) electrons. The van der Waals surface area contributed by atoms with Gasteiger partial charge in [-0.2, -0.15) is 0 Å². The van der Waals surface area contributed by atoms with Gasteiger partial charge in [-0.05, 0) is 63.1 Å². The molecule has 1 aromatic rings. The van der Waals surface area contributed by atoms with E-state index in [-0.39, 0.29) is 24.4 Å². The standard InChI is InChI=1S/C28H39N3O6/c1-9-19-10-12-20(13-11-19)24(25(33)29-16-23(32)36-8)31(22-15-18(22)4)26(34)21(14-17(2)3)30-27(35)37-28(5,6)7/h1,10-13,17-18,21-22,24H,14-16H2,2-8H3,(H,29,33)(H,30,35). The smallest absolute Gasteiger partial charge is 0.408 e. The van der Waals surface area contributed by atoms with Gasteiger partial charge in [0.05, 0.1) is 7.11 Å². The minimum absolute atomic E-state index is 0.0730. The summed E-state index contributed by atoms with van der Waals surface area (Å²) >= 11 is 0. The Morgan fingerprint density at radius 3 is 2.22 bits per heavy atom. The fraction of sp³-hybridized carbons (Fsp3) is 0.571. The van der Waals surface area contributed by atoms with E-state index in [1.54, 1.807) is 45.0 Å². The molecule has 202 valence electrons. The average molecular weight is 514 g/mol. The first-order valence-electron chi connectivity index (χ1n) is 12.5. The van der Waals surface area contributed by atoms with Crippen molar-refractivity contribution >= 4 is 23.9 Å². The lowest BCUT2D eigenvalue weighted by Crippen LogP contribution is -2.54. The molecule has 0 aromatic heterocycles. The van der Waals surface area contributed by atoms with Gasteiger partial charge in [-0.1, -0.05) is 38.8 Å². The Labute approximate surface area is 219 Å². The summed E-state index contributed by atoms with van der Waals surface area (Å²) in [6, 6.07) is 4.60. The molecule has 1 fully saturated rings. The predicted octanol–water partition coefficient (Wildman–Crippen LogP) is 3.17. The van der Waals surface area contributed by atoms with E-state index in [1.165, 1.54) is 12.0 Å². The summed E-state index contributed by atoms with van der Waals surface area (Å²) < 4.78 is 10.1. The molecule has 1 aromatic carbocycles. The van der Waals surface area contributed by atoms with Crippen LogP contribution >= 0.6 is 0 Å². The Kier molecular flexibility index (Phi) is 10.1. The molecule has 37 heavy (non-hydrogen) atoms. The molecule has 0 heterocycles. The van der Waals surface area contributed by atoms with Crippen molar-refractivity contribution in [1.29, 1.82) is 0 Å². The predicted molar refractivity (Wildman–Crippen MR) is 139 cm³/mol. The number of hydrogen-bond acceptors (Lipinski definition) is 6. The van der Waals surface area contributed by atoms with Crippen LogP contribution in [0, 0.1) is 24.2 Å². The van der Waals surface area contributed by atoms with Crippen LogP contribution in [0.15, 0.2) is 24.3 Å². The lowest BCUT2D eigenvalue weighted by atomic mass is 9.98. The lowest BCUT2D eigenvalue weighted by molar-refractivity contribution is -0.145. The van der Waals surface area contributed by atoms with Crippen molar-refractivity contribution in [3.05, 3.63) is 35.4 Å². The van der Waals surface area contributed by atoms with Crippen molar-refractivity contribution in [2.75, 3.05) is 13.7 Å². The lowest BCUT2D eigenvalue weighted by Gasteiger charge is -2.35. The molecule has 1 aliphatic carbocycles. The van der Waals surface area contributed by atoms with Gasteiger partial charge in [0, 0.05) is 11.6 Å². The Morgan fingerprint density at radius 1 is 1.16 bits per heavy atom. The minimum atomic E-state index is -1.05. The molecular weight excluding hydrogens is 474 g/mol. The zero-order chi connectivity index (χ0) is 27.9. The summed E-state index contributed by atoms with van der Waals surface area (Å²) in [5.74, 6) is 1.23. The van der Waals surface area contributed by atoms with Gasteiger partial charge in [0.25, 0.3) is 0 Å². The fourth-order valence-electron chi connectivity index (χ4n) is 4.02. The number of carbonyl (C=O) groups excluding carboxylic acids is 4. The van der Waals surface area contributed by atoms with Crippen molar-refractivity contribution in [3.8, 4) is 12.3 Å². The zero-order valence-electron chi connectivity index (χ0n) is 22.8. The SMILES string of the molecule is C#Cc1ccc(C(C(=O)NCC(=O)OC)N(C(=O)C(CC(C)C)NC(=O)OC(C)(C)C)C2CC2C)cc1. The third-order valence-corrected chi connectivity index (χ3v) is 5.93. The van der Waals surface area contributed by atoms with E-state index in [9.17, 15) is 19.2 Å². The summed E-state index contributed by atoms with van der Waals surface area (Å²) in [4.78, 5) is 53.5. The molecule has 2 N–H and O–H groups in total. The quantitative estimate of drug-likeness (QED) is 0.367. The van der Waals surface area contributed by atoms with Crippen LogP contribution in [-0.4, -0.2) is 60.1 Å². The third kappa shape index (κ3) is 8.81. The molecule has 4 unspecified atom stereocenters. The first-order valence-corrected chi connectivity index (χ1v) is 12.5. The molecule has 4 atom stereocenters. The number of ether oxygens (including phenoxy) is 2. The highest BCUT2D eigenvalue weighted by molar-refractivity contribution is 5.93. The van der Waals surface area contributed by atoms with Gasteiger partial charge in [0.1, 0.15) is 24.2 Å². The first kappa shape index (κ1) is 29.7. The van der Waals surface area contributed by atoms with E-state index < -0.39 is 41.6 Å². The molecule has 9 heteroatoms. The van der Waals surface area contributed by atoms with Crippen molar-refractivity contribution in [3.63, 3.8) is 0 Å². The molecule has 0 bridgehead atoms. The minimum Gasteiger partial charge on any atom is -0.468 e. The summed E-state index contributed by atoms with van der Waals surface area (Å²) in [6.45, 7) is 10.8. The molecule has 0 spiro atoms. The average Bonchev–Trinajstić information content (AvgIpc) is 3.54. The van der Waals surface area contributed by atoms with Crippen molar-refractivity contribution in [2.45, 2.75) is 78.1 Å². The van der Waals surface area contributed by atoms with E-state index in [1.807, 2.05) is 20.8 Å². The van der Waals surface area contributed by atoms with Crippen LogP contribution in [0.2, 0.25) is 0 Å². The number of methoxy groups -OCH3 is 1. The van der Waals surface area contributed by atoms with E-state index >= 15 is 0 Å². The van der Waals surface area contributed by atoms with Gasteiger partial charge in [-0.15, -0.1) is 6.42 Å². The maximum Gasteiger partial charge on any atom is 0.408 e. The Balaban J connectivity index is 2.49. The van der Waals surface area contributed by atoms with Crippen molar-refractivity contribution in [2.24, 2.45) is 11.8 Å². The Bertz CT molecular complexity index is 1020. The van der Waals surface area contributed by atoms with Gasteiger partial charge in [-0.3, -0.25) is 14.4 Å². The van der Waals surface area contributed by atoms with Gasteiger partial charge in [0.15, 0.2) is 0 Å². The van der Waals surface area contributed by atoms with Gasteiger partial charge in [0.2, 0.25) is 11.8 Å². The summed E-state index contributed by atoms with van der Waals surface area (Å²) in [5, 5.41) is 5.31. The number of rotatable bonds is 10. The number of carbonyl (C=O) groups is 4. The molecule has 1 aliphatic rings. The number of alkyl carbamates (subject to hydrolysis) is 1. The van der Waals surface area contributed by atoms with Crippen LogP contribution in [0.1, 0.15) is 71.6 Å². The highest BCUT2D eigenvalue weighted by atomic mass is 16.6. The van der Waals surface area contributed by atoms with Gasteiger partial charge in [-0.25, -0.2) is 4.79 Å². The van der Waals surface area contributed by atoms with Crippen LogP contribution in [0.4, 0.5) is 4.79 Å². The molecule has 9 nitrogen and oxygen atoms in total. The van der Waals surface area contributed by atoms with Crippen LogP contribution in [0.3, 0.4) is 0 Å². The first-order chi connectivity index (χ1) is 17.3.